The topological polar surface area (TPSA) is 154 Å². The van der Waals surface area contributed by atoms with Crippen LogP contribution in [-0.4, -0.2) is 144 Å². The largest absolute Gasteiger partial charge is 0.491 e. The summed E-state index contributed by atoms with van der Waals surface area (Å²) in [6, 6.07) is 21.6. The summed E-state index contributed by atoms with van der Waals surface area (Å²) >= 11 is 0. The molecular formula is C66H64O15. The third-order valence-corrected chi connectivity index (χ3v) is 17.9. The smallest absolute Gasteiger partial charge is 0.324 e. The lowest BCUT2D eigenvalue weighted by molar-refractivity contribution is -0.167. The van der Waals surface area contributed by atoms with Crippen molar-refractivity contribution < 1.29 is 71.2 Å². The summed E-state index contributed by atoms with van der Waals surface area (Å²) in [5, 5.41) is 8.08. The Labute approximate surface area is 468 Å². The fourth-order valence-electron chi connectivity index (χ4n) is 14.8. The number of hydrogen-bond donors (Lipinski definition) is 0. The first-order valence-corrected chi connectivity index (χ1v) is 28.9. The van der Waals surface area contributed by atoms with Gasteiger partial charge in [0, 0.05) is 35.5 Å². The molecule has 1 spiro atoms. The van der Waals surface area contributed by atoms with Crippen LogP contribution in [0, 0.1) is 17.3 Å². The molecule has 11 aliphatic rings. The Kier molecular flexibility index (Phi) is 13.6. The van der Waals surface area contributed by atoms with Gasteiger partial charge < -0.3 is 61.6 Å². The zero-order valence-corrected chi connectivity index (χ0v) is 45.2. The zero-order valence-electron chi connectivity index (χ0n) is 45.2. The van der Waals surface area contributed by atoms with E-state index in [9.17, 15) is 0 Å². The summed E-state index contributed by atoms with van der Waals surface area (Å²) in [5.74, 6) is 2.31. The lowest BCUT2D eigenvalue weighted by atomic mass is 9.64. The monoisotopic (exact) mass is 1100 g/mol. The Balaban J connectivity index is 0.637. The number of benzene rings is 6. The highest BCUT2D eigenvalue weighted by Gasteiger charge is 2.79. The minimum atomic E-state index is -1.60. The van der Waals surface area contributed by atoms with Gasteiger partial charge in [-0.1, -0.05) is 48.6 Å². The van der Waals surface area contributed by atoms with E-state index in [1.807, 2.05) is 48.5 Å². The highest BCUT2D eigenvalue weighted by Crippen LogP contribution is 2.79. The lowest BCUT2D eigenvalue weighted by Gasteiger charge is -2.39. The molecule has 0 amide bonds. The predicted octanol–water partition coefficient (Wildman–Crippen LogP) is 9.40. The van der Waals surface area contributed by atoms with E-state index in [0.717, 1.165) is 17.5 Å². The van der Waals surface area contributed by atoms with Gasteiger partial charge in [0.25, 0.3) is 0 Å². The SMILES string of the molecule is O=C1OCCOCCOCCOc2ccc(cc2)OCCOCCOCCOCCOc2ccc(cc2)OCCOCCOCCOC(=O)C12C1c3ccc4c5c6c7c8c9c%10c(cc(c%11c%10c7c4c3-%11)C12)CC9=CC1C=CC(C=C5)C6C81. The van der Waals surface area contributed by atoms with E-state index in [0.29, 0.717) is 139 Å². The molecule has 6 atom stereocenters. The van der Waals surface area contributed by atoms with E-state index in [1.165, 1.54) is 71.3 Å². The fraction of sp³-hybridized carbons (Fsp3) is 0.424. The molecule has 6 aromatic rings. The molecule has 15 nitrogen and oxygen atoms in total. The molecule has 6 unspecified atom stereocenters. The maximum Gasteiger partial charge on any atom is 0.324 e. The van der Waals surface area contributed by atoms with E-state index in [2.05, 4.69) is 48.6 Å². The van der Waals surface area contributed by atoms with Gasteiger partial charge in [-0.25, -0.2) is 0 Å². The molecule has 6 aromatic carbocycles. The Hall–Kier alpha value is -6.82. The first-order chi connectivity index (χ1) is 40.1. The van der Waals surface area contributed by atoms with Crippen LogP contribution in [0.1, 0.15) is 62.6 Å². The van der Waals surface area contributed by atoms with Gasteiger partial charge in [-0.15, -0.1) is 0 Å². The molecule has 8 aliphatic carbocycles. The van der Waals surface area contributed by atoms with Crippen LogP contribution in [0.25, 0.3) is 55.1 Å². The minimum absolute atomic E-state index is 0.0352. The average Bonchev–Trinajstić information content (AvgIpc) is 2.46. The number of carbonyl (C=O) groups excluding carboxylic acids is 2. The van der Waals surface area contributed by atoms with E-state index in [4.69, 9.17) is 61.6 Å². The summed E-state index contributed by atoms with van der Waals surface area (Å²) in [6.45, 7) is 6.34. The Morgan fingerprint density at radius 2 is 0.827 bits per heavy atom. The van der Waals surface area contributed by atoms with Crippen LogP contribution < -0.4 is 18.9 Å². The maximum atomic E-state index is 15.1. The molecule has 81 heavy (non-hydrogen) atoms. The quantitative estimate of drug-likeness (QED) is 0.0613. The summed E-state index contributed by atoms with van der Waals surface area (Å²) in [6.07, 6.45) is 13.1. The van der Waals surface area contributed by atoms with E-state index in [-0.39, 0.29) is 39.6 Å². The third kappa shape index (κ3) is 8.56. The van der Waals surface area contributed by atoms with E-state index in [1.54, 1.807) is 5.56 Å². The fourth-order valence-corrected chi connectivity index (χ4v) is 14.8. The molecule has 0 N–H and O–H groups in total. The number of esters is 2. The lowest BCUT2D eigenvalue weighted by Crippen LogP contribution is -2.34. The second-order valence-electron chi connectivity index (χ2n) is 22.1. The van der Waals surface area contributed by atoms with Crippen molar-refractivity contribution in [1.29, 1.82) is 0 Å². The van der Waals surface area contributed by atoms with Crippen LogP contribution in [0.3, 0.4) is 0 Å². The molecule has 1 saturated carbocycles. The minimum Gasteiger partial charge on any atom is -0.491 e. The zero-order chi connectivity index (χ0) is 54.0. The van der Waals surface area contributed by atoms with Crippen LogP contribution >= 0.6 is 0 Å². The van der Waals surface area contributed by atoms with Crippen molar-refractivity contribution in [3.05, 3.63) is 130 Å². The van der Waals surface area contributed by atoms with E-state index >= 15 is 9.59 Å². The van der Waals surface area contributed by atoms with Crippen molar-refractivity contribution >= 4 is 55.9 Å². The summed E-state index contributed by atoms with van der Waals surface area (Å²) in [4.78, 5) is 30.1. The number of fused-ring (bicyclic) bond motifs is 6. The van der Waals surface area contributed by atoms with Crippen molar-refractivity contribution in [2.45, 2.75) is 30.1 Å². The van der Waals surface area contributed by atoms with Gasteiger partial charge in [0.15, 0.2) is 5.41 Å². The molecule has 1 fully saturated rings. The van der Waals surface area contributed by atoms with Crippen molar-refractivity contribution in [1.82, 2.24) is 0 Å². The van der Waals surface area contributed by atoms with Crippen molar-refractivity contribution in [2.75, 3.05) is 132 Å². The van der Waals surface area contributed by atoms with Gasteiger partial charge in [-0.05, 0) is 143 Å². The first kappa shape index (κ1) is 51.1. The maximum absolute atomic E-state index is 15.1. The van der Waals surface area contributed by atoms with Crippen LogP contribution in [0.4, 0.5) is 0 Å². The number of ether oxygens (including phenoxy) is 13. The molecule has 3 heterocycles. The van der Waals surface area contributed by atoms with Crippen molar-refractivity contribution in [2.24, 2.45) is 17.3 Å². The van der Waals surface area contributed by atoms with Gasteiger partial charge in [-0.2, -0.15) is 0 Å². The van der Waals surface area contributed by atoms with Crippen molar-refractivity contribution in [3.8, 4) is 34.1 Å². The summed E-state index contributed by atoms with van der Waals surface area (Å²) in [7, 11) is 0. The van der Waals surface area contributed by atoms with Crippen molar-refractivity contribution in [3.63, 3.8) is 0 Å². The van der Waals surface area contributed by atoms with E-state index < -0.39 is 29.2 Å². The normalized spacial score (nSPS) is 26.3. The standard InChI is InChI=1S/C66H64O15/c67-64-66(62-48-14-13-47-46-12-3-38-1-2-39-35-40-36-41-37-49(63(62)66)57-56(48)55(47)61-59(57)53(41)52(40)58-51(39)50(38)54(46)60(58)61)65(68)81-34-28-75-22-20-73-26-32-79-45-10-6-43(7-11-45)77-30-24-71-18-16-69-15-17-70-23-29-76-42-4-8-44(9-5-42)78-31-25-72-19-21-74-27-33-80-64/h1-14,35,37-39,50-51,62-63H,15-34,36H2. The van der Waals surface area contributed by atoms with Crippen LogP contribution in [0.2, 0.25) is 0 Å². The molecular weight excluding hydrogens is 1030 g/mol. The van der Waals surface area contributed by atoms with Crippen LogP contribution in [-0.2, 0) is 58.6 Å². The second-order valence-corrected chi connectivity index (χ2v) is 22.1. The summed E-state index contributed by atoms with van der Waals surface area (Å²) in [5.41, 5.74) is 11.4. The molecule has 0 aromatic heterocycles. The second kappa shape index (κ2) is 21.5. The summed E-state index contributed by atoms with van der Waals surface area (Å²) < 4.78 is 75.9. The van der Waals surface area contributed by atoms with Gasteiger partial charge in [-0.3, -0.25) is 9.59 Å². The number of carbonyl (C=O) groups is 2. The molecule has 0 saturated heterocycles. The molecule has 17 rings (SSSR count). The number of hydrogen-bond acceptors (Lipinski definition) is 15. The van der Waals surface area contributed by atoms with Gasteiger partial charge in [0.05, 0.1) is 92.5 Å². The van der Waals surface area contributed by atoms with Crippen LogP contribution in [0.15, 0.2) is 91.0 Å². The number of allylic oxidation sites excluding steroid dienone is 5. The highest BCUT2D eigenvalue weighted by molar-refractivity contribution is 6.39. The number of rotatable bonds is 0. The van der Waals surface area contributed by atoms with Crippen LogP contribution in [0.5, 0.6) is 23.0 Å². The average molecular weight is 1100 g/mol. The molecule has 3 aliphatic heterocycles. The molecule has 0 radical (unpaired) electrons. The molecule has 4 bridgehead atoms. The molecule has 15 heteroatoms. The molecule has 418 valence electrons. The van der Waals surface area contributed by atoms with Gasteiger partial charge >= 0.3 is 11.9 Å². The predicted molar refractivity (Wildman–Crippen MR) is 301 cm³/mol. The Bertz CT molecular complexity index is 3470. The first-order valence-electron chi connectivity index (χ1n) is 28.9. The Morgan fingerprint density at radius 1 is 0.383 bits per heavy atom. The van der Waals surface area contributed by atoms with Gasteiger partial charge in [0.2, 0.25) is 0 Å². The highest BCUT2D eigenvalue weighted by atomic mass is 16.6. The third-order valence-electron chi connectivity index (χ3n) is 17.9. The van der Waals surface area contributed by atoms with Gasteiger partial charge in [0.1, 0.15) is 62.6 Å². The Morgan fingerprint density at radius 3 is 1.35 bits per heavy atom.